The zero-order chi connectivity index (χ0) is 12.3. The van der Waals surface area contributed by atoms with Crippen LogP contribution in [0.15, 0.2) is 24.3 Å². The molecule has 0 bridgehead atoms. The van der Waals surface area contributed by atoms with Crippen molar-refractivity contribution in [3.63, 3.8) is 0 Å². The molecule has 0 saturated carbocycles. The van der Waals surface area contributed by atoms with Crippen LogP contribution in [0.1, 0.15) is 0 Å². The third-order valence-electron chi connectivity index (χ3n) is 3.06. The lowest BCUT2D eigenvalue weighted by atomic mass is 10.4. The zero-order valence-electron chi connectivity index (χ0n) is 11.2. The lowest BCUT2D eigenvalue weighted by molar-refractivity contribution is 0.652. The van der Waals surface area contributed by atoms with Crippen molar-refractivity contribution < 1.29 is 0 Å². The van der Waals surface area contributed by atoms with Gasteiger partial charge in [-0.3, -0.25) is 0 Å². The zero-order valence-corrected chi connectivity index (χ0v) is 13.2. The largest absolute Gasteiger partial charge is 0.326 e. The van der Waals surface area contributed by atoms with Gasteiger partial charge in [-0.1, -0.05) is 37.4 Å². The summed E-state index contributed by atoms with van der Waals surface area (Å²) in [7, 11) is 7.63. The molecule has 16 heavy (non-hydrogen) atoms. The molecule has 0 N–H and O–H groups in total. The number of nitrogens with zero attached hydrogens (tertiary/aromatic N) is 2. The Morgan fingerprint density at radius 3 is 1.12 bits per heavy atom. The quantitative estimate of drug-likeness (QED) is 0.717. The maximum atomic E-state index is 2.34. The van der Waals surface area contributed by atoms with Crippen molar-refractivity contribution in [3.8, 4) is 0 Å². The molecule has 0 spiro atoms. The monoisotopic (exact) mass is 250 g/mol. The highest BCUT2D eigenvalue weighted by molar-refractivity contribution is 6.71. The fourth-order valence-corrected chi connectivity index (χ4v) is 3.80. The summed E-state index contributed by atoms with van der Waals surface area (Å²) in [6.07, 6.45) is 0. The van der Waals surface area contributed by atoms with Crippen molar-refractivity contribution in [2.45, 2.75) is 13.1 Å². The van der Waals surface area contributed by atoms with Gasteiger partial charge in [0.15, 0.2) is 17.9 Å². The topological polar surface area (TPSA) is 6.48 Å². The van der Waals surface area contributed by atoms with Gasteiger partial charge >= 0.3 is 0 Å². The molecule has 0 unspecified atom stereocenters. The Morgan fingerprint density at radius 2 is 0.938 bits per heavy atom. The van der Waals surface area contributed by atoms with E-state index in [9.17, 15) is 0 Å². The Hall–Kier alpha value is -0.426. The molecular weight excluding hydrogens is 228 g/mol. The minimum Gasteiger partial charge on any atom is -0.326 e. The molecule has 88 valence electrons. The molecule has 0 aliphatic rings. The van der Waals surface area contributed by atoms with Gasteiger partial charge in [0.25, 0.3) is 0 Å². The summed E-state index contributed by atoms with van der Waals surface area (Å²) in [5, 5.41) is 2.99. The second kappa shape index (κ2) is 5.77. The molecule has 0 amide bonds. The van der Waals surface area contributed by atoms with Crippen molar-refractivity contribution in [2.75, 3.05) is 28.2 Å². The Morgan fingerprint density at radius 1 is 0.688 bits per heavy atom. The number of benzene rings is 1. The third-order valence-corrected chi connectivity index (χ3v) is 8.08. The van der Waals surface area contributed by atoms with Gasteiger partial charge in [0.05, 0.1) is 0 Å². The Bertz CT molecular complexity index is 289. The summed E-state index contributed by atoms with van der Waals surface area (Å²) in [6, 6.07) is 9.23. The van der Waals surface area contributed by atoms with Gasteiger partial charge < -0.3 is 9.13 Å². The highest BCUT2D eigenvalue weighted by Gasteiger charge is 2.13. The van der Waals surface area contributed by atoms with E-state index in [2.05, 4.69) is 74.7 Å². The molecule has 0 saturated heterocycles. The molecule has 1 aromatic rings. The van der Waals surface area contributed by atoms with Crippen LogP contribution in [-0.4, -0.2) is 55.2 Å². The van der Waals surface area contributed by atoms with Crippen molar-refractivity contribution in [2.24, 2.45) is 0 Å². The first-order valence-electron chi connectivity index (χ1n) is 5.56. The summed E-state index contributed by atoms with van der Waals surface area (Å²) in [5.74, 6) is 0. The molecule has 2 nitrogen and oxygen atoms in total. The molecule has 0 aliphatic carbocycles. The number of hydrogen-bond acceptors (Lipinski definition) is 2. The molecule has 0 fully saturated rings. The van der Waals surface area contributed by atoms with E-state index in [4.69, 9.17) is 0 Å². The fraction of sp³-hybridized carbons (Fsp3) is 0.500. The van der Waals surface area contributed by atoms with E-state index >= 15 is 0 Å². The van der Waals surface area contributed by atoms with Crippen LogP contribution < -0.4 is 10.4 Å². The predicted octanol–water partition coefficient (Wildman–Crippen LogP) is 0.466. The summed E-state index contributed by atoms with van der Waals surface area (Å²) < 4.78 is 4.67. The van der Waals surface area contributed by atoms with Crippen molar-refractivity contribution in [1.82, 2.24) is 9.13 Å². The van der Waals surface area contributed by atoms with Gasteiger partial charge in [-0.25, -0.2) is 0 Å². The summed E-state index contributed by atoms with van der Waals surface area (Å²) in [6.45, 7) is 4.67. The maximum absolute atomic E-state index is 2.34. The van der Waals surface area contributed by atoms with Gasteiger partial charge in [-0.05, 0) is 38.6 Å². The smallest absolute Gasteiger partial charge is 0.168 e. The first-order chi connectivity index (χ1) is 7.43. The third kappa shape index (κ3) is 3.28. The number of rotatable bonds is 4. The first kappa shape index (κ1) is 13.6. The van der Waals surface area contributed by atoms with E-state index in [1.807, 2.05) is 0 Å². The first-order valence-corrected chi connectivity index (χ1v) is 9.45. The van der Waals surface area contributed by atoms with E-state index in [-0.39, 0.29) is 0 Å². The second-order valence-corrected chi connectivity index (χ2v) is 9.82. The molecule has 4 heteroatoms. The number of hydrogen-bond donors (Lipinski definition) is 0. The van der Waals surface area contributed by atoms with Crippen LogP contribution in [0.4, 0.5) is 0 Å². The van der Waals surface area contributed by atoms with Gasteiger partial charge in [0, 0.05) is 0 Å². The Kier molecular flexibility index (Phi) is 4.92. The van der Waals surface area contributed by atoms with Crippen molar-refractivity contribution in [3.05, 3.63) is 24.3 Å². The molecule has 0 aliphatic heterocycles. The van der Waals surface area contributed by atoms with E-state index < -0.39 is 17.9 Å². The normalized spacial score (nSPS) is 12.1. The lowest BCUT2D eigenvalue weighted by Crippen LogP contribution is -2.44. The summed E-state index contributed by atoms with van der Waals surface area (Å²) in [5.41, 5.74) is 0. The van der Waals surface area contributed by atoms with Crippen molar-refractivity contribution in [1.29, 1.82) is 0 Å². The summed E-state index contributed by atoms with van der Waals surface area (Å²) >= 11 is 0. The van der Waals surface area contributed by atoms with Gasteiger partial charge in [-0.2, -0.15) is 0 Å². The van der Waals surface area contributed by atoms with E-state index in [1.54, 1.807) is 0 Å². The van der Waals surface area contributed by atoms with Crippen LogP contribution in [0.2, 0.25) is 13.1 Å². The minimum absolute atomic E-state index is 0.515. The summed E-state index contributed by atoms with van der Waals surface area (Å²) in [4.78, 5) is 0. The molecule has 2 radical (unpaired) electrons. The highest BCUT2D eigenvalue weighted by atomic mass is 28.3. The lowest BCUT2D eigenvalue weighted by Gasteiger charge is -2.20. The van der Waals surface area contributed by atoms with Gasteiger partial charge in [0.1, 0.15) is 0 Å². The molecule has 0 aromatic heterocycles. The van der Waals surface area contributed by atoms with E-state index in [0.717, 1.165) is 0 Å². The molecule has 0 heterocycles. The second-order valence-electron chi connectivity index (χ2n) is 4.54. The van der Waals surface area contributed by atoms with Crippen LogP contribution in [0, 0.1) is 0 Å². The minimum atomic E-state index is -0.515. The van der Waals surface area contributed by atoms with Gasteiger partial charge in [0.2, 0.25) is 0 Å². The van der Waals surface area contributed by atoms with Crippen LogP contribution in [0.5, 0.6) is 0 Å². The van der Waals surface area contributed by atoms with Crippen LogP contribution >= 0.6 is 0 Å². The molecule has 1 rings (SSSR count). The van der Waals surface area contributed by atoms with E-state index in [0.29, 0.717) is 0 Å². The fourth-order valence-electron chi connectivity index (χ4n) is 1.47. The average molecular weight is 250 g/mol. The van der Waals surface area contributed by atoms with E-state index in [1.165, 1.54) is 10.4 Å². The van der Waals surface area contributed by atoms with Crippen LogP contribution in [0.25, 0.3) is 0 Å². The van der Waals surface area contributed by atoms with Crippen LogP contribution in [0.3, 0.4) is 0 Å². The molecule has 1 aromatic carbocycles. The predicted molar refractivity (Wildman–Crippen MR) is 76.3 cm³/mol. The van der Waals surface area contributed by atoms with Crippen LogP contribution in [-0.2, 0) is 0 Å². The van der Waals surface area contributed by atoms with Crippen molar-refractivity contribution >= 4 is 28.3 Å². The standard InChI is InChI=1S/C12H22N2Si2/c1-13(2)15(5)11-7-9-12(10-8-11)16(6)14(3)4/h7-10H,1-6H3. The Balaban J connectivity index is 2.83. The average Bonchev–Trinajstić information content (AvgIpc) is 2.27. The SMILES string of the molecule is CN(C)[Si](C)c1ccc([Si](C)N(C)C)cc1. The molecule has 0 atom stereocenters. The maximum Gasteiger partial charge on any atom is 0.168 e. The highest BCUT2D eigenvalue weighted by Crippen LogP contribution is 1.93. The molecular formula is C12H22N2Si2. The van der Waals surface area contributed by atoms with Gasteiger partial charge in [-0.15, -0.1) is 0 Å². The Labute approximate surface area is 103 Å².